The number of nitrogens with one attached hydrogen (secondary N) is 1. The molecule has 0 saturated heterocycles. The lowest BCUT2D eigenvalue weighted by Gasteiger charge is -2.08. The molecule has 0 saturated carbocycles. The fraction of sp³-hybridized carbons (Fsp3) is 0.600. The molecule has 4 nitrogen and oxygen atoms in total. The van der Waals surface area contributed by atoms with Crippen LogP contribution < -0.4 is 4.72 Å². The summed E-state index contributed by atoms with van der Waals surface area (Å²) < 4.78 is 26.2. The zero-order valence-corrected chi connectivity index (χ0v) is 11.1. The van der Waals surface area contributed by atoms with E-state index in [9.17, 15) is 8.42 Å². The zero-order valence-electron chi connectivity index (χ0n) is 9.43. The van der Waals surface area contributed by atoms with Gasteiger partial charge < -0.3 is 5.11 Å². The van der Waals surface area contributed by atoms with E-state index < -0.39 is 10.0 Å². The number of sulfonamides is 1. The van der Waals surface area contributed by atoms with Gasteiger partial charge in [-0.3, -0.25) is 0 Å². The quantitative estimate of drug-likeness (QED) is 0.818. The summed E-state index contributed by atoms with van der Waals surface area (Å²) in [6.45, 7) is 4.27. The van der Waals surface area contributed by atoms with Gasteiger partial charge >= 0.3 is 0 Å². The maximum absolute atomic E-state index is 11.8. The monoisotopic (exact) mass is 263 g/mol. The summed E-state index contributed by atoms with van der Waals surface area (Å²) in [7, 11) is -3.45. The first-order valence-electron chi connectivity index (χ1n) is 5.14. The minimum Gasteiger partial charge on any atom is -0.391 e. The first kappa shape index (κ1) is 13.6. The number of rotatable bonds is 6. The minimum atomic E-state index is -3.45. The smallest absolute Gasteiger partial charge is 0.241 e. The van der Waals surface area contributed by atoms with Crippen molar-refractivity contribution < 1.29 is 13.5 Å². The molecule has 0 amide bonds. The molecule has 1 aromatic rings. The van der Waals surface area contributed by atoms with Gasteiger partial charge in [0.15, 0.2) is 0 Å². The van der Waals surface area contributed by atoms with Crippen LogP contribution in [0.4, 0.5) is 0 Å². The molecule has 0 aliphatic heterocycles. The summed E-state index contributed by atoms with van der Waals surface area (Å²) >= 11 is 1.25. The van der Waals surface area contributed by atoms with Gasteiger partial charge in [-0.05, 0) is 23.8 Å². The van der Waals surface area contributed by atoms with Crippen molar-refractivity contribution in [2.45, 2.75) is 31.8 Å². The molecule has 16 heavy (non-hydrogen) atoms. The Labute approximate surface area is 100 Å². The Kier molecular flexibility index (Phi) is 4.91. The van der Waals surface area contributed by atoms with E-state index in [4.69, 9.17) is 5.11 Å². The van der Waals surface area contributed by atoms with Crippen LogP contribution in [0, 0.1) is 5.92 Å². The molecule has 0 aliphatic carbocycles. The van der Waals surface area contributed by atoms with Crippen molar-refractivity contribution in [3.05, 3.63) is 16.3 Å². The summed E-state index contributed by atoms with van der Waals surface area (Å²) in [6, 6.07) is 1.52. The van der Waals surface area contributed by atoms with Crippen molar-refractivity contribution in [1.29, 1.82) is 0 Å². The van der Waals surface area contributed by atoms with E-state index in [1.807, 2.05) is 13.8 Å². The third kappa shape index (κ3) is 3.55. The van der Waals surface area contributed by atoms with E-state index in [2.05, 4.69) is 4.72 Å². The van der Waals surface area contributed by atoms with E-state index in [0.29, 0.717) is 17.3 Å². The highest BCUT2D eigenvalue weighted by Crippen LogP contribution is 2.21. The first-order chi connectivity index (χ1) is 7.47. The van der Waals surface area contributed by atoms with E-state index >= 15 is 0 Å². The predicted molar refractivity (Wildman–Crippen MR) is 64.9 cm³/mol. The zero-order chi connectivity index (χ0) is 12.2. The fourth-order valence-corrected chi connectivity index (χ4v) is 3.58. The van der Waals surface area contributed by atoms with Crippen molar-refractivity contribution in [2.24, 2.45) is 5.92 Å². The molecule has 0 aliphatic rings. The molecule has 6 heteroatoms. The number of aliphatic hydroxyl groups is 1. The fourth-order valence-electron chi connectivity index (χ4n) is 1.24. The Balaban J connectivity index is 2.71. The molecule has 2 N–H and O–H groups in total. The Morgan fingerprint density at radius 2 is 2.19 bits per heavy atom. The average molecular weight is 263 g/mol. The summed E-state index contributed by atoms with van der Waals surface area (Å²) in [6.07, 6.45) is 0.803. The van der Waals surface area contributed by atoms with Gasteiger partial charge in [0.2, 0.25) is 10.0 Å². The number of hydrogen-bond acceptors (Lipinski definition) is 4. The average Bonchev–Trinajstić information content (AvgIpc) is 2.64. The molecular formula is C10H17NO3S2. The lowest BCUT2D eigenvalue weighted by molar-refractivity contribution is 0.282. The topological polar surface area (TPSA) is 66.4 Å². The van der Waals surface area contributed by atoms with E-state index in [-0.39, 0.29) is 11.5 Å². The van der Waals surface area contributed by atoms with E-state index in [1.54, 1.807) is 5.38 Å². The van der Waals surface area contributed by atoms with Crippen molar-refractivity contribution >= 4 is 21.4 Å². The van der Waals surface area contributed by atoms with Gasteiger partial charge in [-0.2, -0.15) is 0 Å². The highest BCUT2D eigenvalue weighted by Gasteiger charge is 2.18. The summed E-state index contributed by atoms with van der Waals surface area (Å²) in [5.41, 5.74) is 0. The second-order valence-electron chi connectivity index (χ2n) is 3.95. The van der Waals surface area contributed by atoms with Crippen LogP contribution in [-0.4, -0.2) is 20.1 Å². The molecule has 1 rings (SSSR count). The van der Waals surface area contributed by atoms with Crippen LogP contribution in [0.5, 0.6) is 0 Å². The lowest BCUT2D eigenvalue weighted by atomic mass is 10.1. The highest BCUT2D eigenvalue weighted by molar-refractivity contribution is 7.89. The Morgan fingerprint density at radius 1 is 1.50 bits per heavy atom. The molecule has 0 unspecified atom stereocenters. The Morgan fingerprint density at radius 3 is 2.75 bits per heavy atom. The van der Waals surface area contributed by atoms with Gasteiger partial charge in [-0.1, -0.05) is 13.8 Å². The maximum Gasteiger partial charge on any atom is 0.241 e. The lowest BCUT2D eigenvalue weighted by Crippen LogP contribution is -2.26. The van der Waals surface area contributed by atoms with Crippen molar-refractivity contribution in [1.82, 2.24) is 4.72 Å². The normalized spacial score (nSPS) is 12.2. The third-order valence-corrected chi connectivity index (χ3v) is 4.73. The second kappa shape index (κ2) is 5.77. The van der Waals surface area contributed by atoms with Crippen molar-refractivity contribution in [3.8, 4) is 0 Å². The van der Waals surface area contributed by atoms with Crippen LogP contribution in [0.1, 0.15) is 25.1 Å². The first-order valence-corrected chi connectivity index (χ1v) is 7.50. The minimum absolute atomic E-state index is 0.198. The van der Waals surface area contributed by atoms with Crippen LogP contribution in [-0.2, 0) is 16.6 Å². The maximum atomic E-state index is 11.8. The number of thiophene rings is 1. The van der Waals surface area contributed by atoms with Gasteiger partial charge in [0.05, 0.1) is 11.5 Å². The third-order valence-electron chi connectivity index (χ3n) is 2.15. The molecular weight excluding hydrogens is 246 g/mol. The molecule has 0 atom stereocenters. The predicted octanol–water partition coefficient (Wildman–Crippen LogP) is 1.56. The molecule has 0 fully saturated rings. The van der Waals surface area contributed by atoms with E-state index in [0.717, 1.165) is 6.42 Å². The highest BCUT2D eigenvalue weighted by atomic mass is 32.2. The summed E-state index contributed by atoms with van der Waals surface area (Å²) in [4.78, 5) is 0.681. The molecule has 0 aromatic carbocycles. The molecule has 0 bridgehead atoms. The standard InChI is InChI=1S/C10H17NO3S2/c1-8(2)3-5-11-16(13,14)10-4-6-15-9(10)7-12/h4,6,8,11-12H,3,5,7H2,1-2H3. The second-order valence-corrected chi connectivity index (χ2v) is 6.68. The van der Waals surface area contributed by atoms with Crippen LogP contribution in [0.25, 0.3) is 0 Å². The molecule has 1 heterocycles. The van der Waals surface area contributed by atoms with Crippen molar-refractivity contribution in [2.75, 3.05) is 6.54 Å². The van der Waals surface area contributed by atoms with Gasteiger partial charge in [-0.15, -0.1) is 11.3 Å². The Hall–Kier alpha value is -0.430. The Bertz CT molecular complexity index is 423. The summed E-state index contributed by atoms with van der Waals surface area (Å²) in [5.74, 6) is 0.461. The van der Waals surface area contributed by atoms with Crippen LogP contribution in [0.3, 0.4) is 0 Å². The van der Waals surface area contributed by atoms with E-state index in [1.165, 1.54) is 17.4 Å². The largest absolute Gasteiger partial charge is 0.391 e. The van der Waals surface area contributed by atoms with Gasteiger partial charge in [0.25, 0.3) is 0 Å². The van der Waals surface area contributed by atoms with Crippen molar-refractivity contribution in [3.63, 3.8) is 0 Å². The van der Waals surface area contributed by atoms with Gasteiger partial charge in [0.1, 0.15) is 0 Å². The molecule has 0 spiro atoms. The molecule has 92 valence electrons. The molecule has 1 aromatic heterocycles. The molecule has 0 radical (unpaired) electrons. The van der Waals surface area contributed by atoms with Gasteiger partial charge in [-0.25, -0.2) is 13.1 Å². The van der Waals surface area contributed by atoms with Crippen LogP contribution in [0.2, 0.25) is 0 Å². The number of hydrogen-bond donors (Lipinski definition) is 2. The van der Waals surface area contributed by atoms with Crippen LogP contribution >= 0.6 is 11.3 Å². The SMILES string of the molecule is CC(C)CCNS(=O)(=O)c1ccsc1CO. The van der Waals surface area contributed by atoms with Gasteiger partial charge in [0, 0.05) is 11.4 Å². The number of aliphatic hydroxyl groups excluding tert-OH is 1. The summed E-state index contributed by atoms with van der Waals surface area (Å²) in [5, 5.41) is 10.7. The van der Waals surface area contributed by atoms with Crippen LogP contribution in [0.15, 0.2) is 16.3 Å².